The van der Waals surface area contributed by atoms with Gasteiger partial charge in [0, 0.05) is 13.7 Å². The van der Waals surface area contributed by atoms with Crippen molar-refractivity contribution in [3.63, 3.8) is 0 Å². The van der Waals surface area contributed by atoms with Crippen LogP contribution in [0.5, 0.6) is 0 Å². The lowest BCUT2D eigenvalue weighted by molar-refractivity contribution is -0.127. The summed E-state index contributed by atoms with van der Waals surface area (Å²) in [5.74, 6) is -0.716. The van der Waals surface area contributed by atoms with Gasteiger partial charge in [0.25, 0.3) is 5.91 Å². The fraction of sp³-hybridized carbons (Fsp3) is 0.700. The molecule has 0 aromatic carbocycles. The first-order chi connectivity index (χ1) is 7.89. The van der Waals surface area contributed by atoms with Crippen LogP contribution in [0.1, 0.15) is 13.8 Å². The lowest BCUT2D eigenvalue weighted by atomic mass is 10.0. The van der Waals surface area contributed by atoms with E-state index in [4.69, 9.17) is 4.74 Å². The fourth-order valence-electron chi connectivity index (χ4n) is 1.46. The van der Waals surface area contributed by atoms with Gasteiger partial charge in [0.15, 0.2) is 0 Å². The van der Waals surface area contributed by atoms with Gasteiger partial charge in [-0.25, -0.2) is 4.79 Å². The molecule has 4 amide bonds. The second-order valence-electron chi connectivity index (χ2n) is 4.25. The molecule has 0 aromatic heterocycles. The summed E-state index contributed by atoms with van der Waals surface area (Å²) < 4.78 is 4.78. The maximum absolute atomic E-state index is 11.5. The zero-order valence-corrected chi connectivity index (χ0v) is 10.2. The predicted octanol–water partition coefficient (Wildman–Crippen LogP) is -0.921. The molecule has 0 saturated carbocycles. The minimum absolute atomic E-state index is 0.145. The summed E-state index contributed by atoms with van der Waals surface area (Å²) in [5, 5.41) is 4.76. The topological polar surface area (TPSA) is 87.7 Å². The fourth-order valence-corrected chi connectivity index (χ4v) is 1.46. The Bertz CT molecular complexity index is 340. The van der Waals surface area contributed by atoms with Crippen molar-refractivity contribution in [2.45, 2.75) is 19.4 Å². The van der Waals surface area contributed by atoms with E-state index in [2.05, 4.69) is 10.6 Å². The molecule has 0 radical (unpaired) electrons. The third-order valence-electron chi connectivity index (χ3n) is 2.63. The molecule has 1 fully saturated rings. The van der Waals surface area contributed by atoms with Crippen LogP contribution in [-0.4, -0.2) is 55.1 Å². The maximum Gasteiger partial charge on any atom is 0.325 e. The van der Waals surface area contributed by atoms with E-state index in [9.17, 15) is 14.4 Å². The molecule has 0 unspecified atom stereocenters. The summed E-state index contributed by atoms with van der Waals surface area (Å²) in [6, 6.07) is -0.540. The SMILES string of the molecule is COCCNC(=O)CN1C(=O)NC(=O)C1(C)C. The van der Waals surface area contributed by atoms with Gasteiger partial charge in [-0.15, -0.1) is 0 Å². The lowest BCUT2D eigenvalue weighted by Gasteiger charge is -2.27. The molecule has 1 heterocycles. The summed E-state index contributed by atoms with van der Waals surface area (Å²) in [6.07, 6.45) is 0. The van der Waals surface area contributed by atoms with Crippen molar-refractivity contribution in [1.29, 1.82) is 0 Å². The highest BCUT2D eigenvalue weighted by Crippen LogP contribution is 2.19. The summed E-state index contributed by atoms with van der Waals surface area (Å²) in [7, 11) is 1.53. The van der Waals surface area contributed by atoms with E-state index in [1.165, 1.54) is 12.0 Å². The first kappa shape index (κ1) is 13.4. The van der Waals surface area contributed by atoms with Gasteiger partial charge in [-0.05, 0) is 13.8 Å². The monoisotopic (exact) mass is 243 g/mol. The van der Waals surface area contributed by atoms with Crippen LogP contribution in [0.3, 0.4) is 0 Å². The highest BCUT2D eigenvalue weighted by Gasteiger charge is 2.46. The summed E-state index contributed by atoms with van der Waals surface area (Å²) in [4.78, 5) is 35.6. The Hall–Kier alpha value is -1.63. The van der Waals surface area contributed by atoms with Crippen molar-refractivity contribution in [2.24, 2.45) is 0 Å². The number of carbonyl (C=O) groups excluding carboxylic acids is 3. The summed E-state index contributed by atoms with van der Waals surface area (Å²) in [5.41, 5.74) is -0.990. The molecule has 0 aliphatic carbocycles. The summed E-state index contributed by atoms with van der Waals surface area (Å²) >= 11 is 0. The van der Waals surface area contributed by atoms with Crippen LogP contribution in [0.4, 0.5) is 4.79 Å². The van der Waals surface area contributed by atoms with E-state index >= 15 is 0 Å². The van der Waals surface area contributed by atoms with E-state index in [1.54, 1.807) is 13.8 Å². The lowest BCUT2D eigenvalue weighted by Crippen LogP contribution is -2.49. The van der Waals surface area contributed by atoms with Crippen molar-refractivity contribution in [3.05, 3.63) is 0 Å². The van der Waals surface area contributed by atoms with Crippen LogP contribution in [0.2, 0.25) is 0 Å². The van der Waals surface area contributed by atoms with Gasteiger partial charge in [0.1, 0.15) is 12.1 Å². The Labute approximate surface area is 99.5 Å². The van der Waals surface area contributed by atoms with Crippen LogP contribution in [-0.2, 0) is 14.3 Å². The molecule has 7 heteroatoms. The molecule has 1 rings (SSSR count). The molecular formula is C10H17N3O4. The Balaban J connectivity index is 2.53. The van der Waals surface area contributed by atoms with E-state index in [0.717, 1.165) is 0 Å². The van der Waals surface area contributed by atoms with Crippen molar-refractivity contribution in [1.82, 2.24) is 15.5 Å². The molecule has 7 nitrogen and oxygen atoms in total. The molecular weight excluding hydrogens is 226 g/mol. The Morgan fingerprint density at radius 2 is 2.12 bits per heavy atom. The van der Waals surface area contributed by atoms with E-state index in [0.29, 0.717) is 13.2 Å². The van der Waals surface area contributed by atoms with Crippen molar-refractivity contribution < 1.29 is 19.1 Å². The summed E-state index contributed by atoms with van der Waals surface area (Å²) in [6.45, 7) is 3.82. The van der Waals surface area contributed by atoms with Crippen LogP contribution < -0.4 is 10.6 Å². The molecule has 0 aromatic rings. The zero-order chi connectivity index (χ0) is 13.1. The van der Waals surface area contributed by atoms with Crippen LogP contribution in [0.25, 0.3) is 0 Å². The minimum Gasteiger partial charge on any atom is -0.383 e. The van der Waals surface area contributed by atoms with E-state index < -0.39 is 17.5 Å². The highest BCUT2D eigenvalue weighted by atomic mass is 16.5. The Kier molecular flexibility index (Phi) is 4.06. The number of carbonyl (C=O) groups is 3. The molecule has 96 valence electrons. The molecule has 17 heavy (non-hydrogen) atoms. The van der Waals surface area contributed by atoms with Gasteiger partial charge in [0.2, 0.25) is 5.91 Å². The number of methoxy groups -OCH3 is 1. The number of imide groups is 1. The van der Waals surface area contributed by atoms with Crippen molar-refractivity contribution >= 4 is 17.8 Å². The third-order valence-corrected chi connectivity index (χ3v) is 2.63. The molecule has 1 aliphatic heterocycles. The average molecular weight is 243 g/mol. The van der Waals surface area contributed by atoms with Crippen LogP contribution in [0.15, 0.2) is 0 Å². The molecule has 1 aliphatic rings. The molecule has 2 N–H and O–H groups in total. The average Bonchev–Trinajstić information content (AvgIpc) is 2.42. The Morgan fingerprint density at radius 1 is 1.47 bits per heavy atom. The third kappa shape index (κ3) is 2.94. The number of nitrogens with one attached hydrogen (secondary N) is 2. The smallest absolute Gasteiger partial charge is 0.325 e. The molecule has 0 bridgehead atoms. The minimum atomic E-state index is -0.990. The van der Waals surface area contributed by atoms with Crippen molar-refractivity contribution in [2.75, 3.05) is 26.8 Å². The predicted molar refractivity (Wildman–Crippen MR) is 59.2 cm³/mol. The van der Waals surface area contributed by atoms with Gasteiger partial charge in [-0.2, -0.15) is 0 Å². The van der Waals surface area contributed by atoms with Gasteiger partial charge < -0.3 is 15.0 Å². The van der Waals surface area contributed by atoms with Crippen molar-refractivity contribution in [3.8, 4) is 0 Å². The van der Waals surface area contributed by atoms with Gasteiger partial charge in [-0.1, -0.05) is 0 Å². The van der Waals surface area contributed by atoms with E-state index in [1.807, 2.05) is 0 Å². The largest absolute Gasteiger partial charge is 0.383 e. The zero-order valence-electron chi connectivity index (χ0n) is 10.2. The Morgan fingerprint density at radius 3 is 2.59 bits per heavy atom. The highest BCUT2D eigenvalue weighted by molar-refractivity contribution is 6.07. The second kappa shape index (κ2) is 5.13. The first-order valence-corrected chi connectivity index (χ1v) is 5.28. The van der Waals surface area contributed by atoms with Crippen LogP contribution >= 0.6 is 0 Å². The second-order valence-corrected chi connectivity index (χ2v) is 4.25. The maximum atomic E-state index is 11.5. The first-order valence-electron chi connectivity index (χ1n) is 5.28. The van der Waals surface area contributed by atoms with Crippen LogP contribution in [0, 0.1) is 0 Å². The number of ether oxygens (including phenoxy) is 1. The molecule has 1 saturated heterocycles. The number of rotatable bonds is 5. The molecule has 0 atom stereocenters. The van der Waals surface area contributed by atoms with Gasteiger partial charge in [-0.3, -0.25) is 14.9 Å². The van der Waals surface area contributed by atoms with Gasteiger partial charge in [0.05, 0.1) is 6.61 Å². The molecule has 0 spiro atoms. The van der Waals surface area contributed by atoms with E-state index in [-0.39, 0.29) is 12.5 Å². The number of hydrogen-bond donors (Lipinski definition) is 2. The number of urea groups is 1. The normalized spacial score (nSPS) is 18.2. The standard InChI is InChI=1S/C10H17N3O4/c1-10(2)8(15)12-9(16)13(10)6-7(14)11-4-5-17-3/h4-6H2,1-3H3,(H,11,14)(H,12,15,16). The number of amides is 4. The number of nitrogens with zero attached hydrogens (tertiary/aromatic N) is 1. The number of hydrogen-bond acceptors (Lipinski definition) is 4. The quantitative estimate of drug-likeness (QED) is 0.483. The van der Waals surface area contributed by atoms with Gasteiger partial charge >= 0.3 is 6.03 Å².